The molecule has 1 aliphatic heterocycles. The molecule has 0 atom stereocenters. The number of hydrogen-bond acceptors (Lipinski definition) is 3. The molecule has 0 radical (unpaired) electrons. The summed E-state index contributed by atoms with van der Waals surface area (Å²) in [4.78, 5) is 15.2. The molecule has 1 aromatic carbocycles. The summed E-state index contributed by atoms with van der Waals surface area (Å²) >= 11 is 1.77. The Morgan fingerprint density at radius 2 is 2.11 bits per heavy atom. The molecule has 0 fully saturated rings. The molecule has 2 heterocycles. The van der Waals surface area contributed by atoms with Crippen molar-refractivity contribution in [2.45, 2.75) is 19.6 Å². The van der Waals surface area contributed by atoms with Gasteiger partial charge in [-0.25, -0.2) is 4.79 Å². The van der Waals surface area contributed by atoms with Gasteiger partial charge in [-0.05, 0) is 29.0 Å². The van der Waals surface area contributed by atoms with Crippen molar-refractivity contribution in [2.75, 3.05) is 6.54 Å². The Kier molecular flexibility index (Phi) is 3.51. The Labute approximate surface area is 116 Å². The Morgan fingerprint density at radius 1 is 1.26 bits per heavy atom. The summed E-state index contributed by atoms with van der Waals surface area (Å²) in [5.41, 5.74) is 2.27. The van der Waals surface area contributed by atoms with Crippen LogP contribution in [0.5, 0.6) is 0 Å². The highest BCUT2D eigenvalue weighted by Crippen LogP contribution is 2.24. The molecule has 2 aromatic rings. The smallest absolute Gasteiger partial charge is 0.410 e. The fourth-order valence-corrected chi connectivity index (χ4v) is 3.10. The number of amides is 1. The first-order valence-corrected chi connectivity index (χ1v) is 7.22. The van der Waals surface area contributed by atoms with Gasteiger partial charge in [-0.2, -0.15) is 0 Å². The van der Waals surface area contributed by atoms with Gasteiger partial charge < -0.3 is 9.64 Å². The fourth-order valence-electron chi connectivity index (χ4n) is 2.21. The van der Waals surface area contributed by atoms with Crippen LogP contribution >= 0.6 is 11.3 Å². The van der Waals surface area contributed by atoms with Crippen LogP contribution in [-0.4, -0.2) is 17.5 Å². The first kappa shape index (κ1) is 12.2. The minimum Gasteiger partial charge on any atom is -0.445 e. The van der Waals surface area contributed by atoms with E-state index in [2.05, 4.69) is 11.4 Å². The lowest BCUT2D eigenvalue weighted by Gasteiger charge is -2.26. The Balaban J connectivity index is 1.57. The number of carbonyl (C=O) groups is 1. The van der Waals surface area contributed by atoms with E-state index in [0.717, 1.165) is 18.5 Å². The highest BCUT2D eigenvalue weighted by Gasteiger charge is 2.22. The first-order valence-electron chi connectivity index (χ1n) is 6.34. The number of hydrogen-bond donors (Lipinski definition) is 0. The van der Waals surface area contributed by atoms with Crippen LogP contribution < -0.4 is 0 Å². The molecule has 0 N–H and O–H groups in total. The van der Waals surface area contributed by atoms with Gasteiger partial charge in [-0.3, -0.25) is 0 Å². The van der Waals surface area contributed by atoms with Crippen LogP contribution in [0.15, 0.2) is 41.8 Å². The van der Waals surface area contributed by atoms with Crippen molar-refractivity contribution >= 4 is 17.4 Å². The number of thiophene rings is 1. The molecule has 1 aromatic heterocycles. The van der Waals surface area contributed by atoms with Gasteiger partial charge in [0, 0.05) is 11.4 Å². The van der Waals surface area contributed by atoms with Gasteiger partial charge >= 0.3 is 6.09 Å². The zero-order valence-electron chi connectivity index (χ0n) is 10.5. The van der Waals surface area contributed by atoms with Crippen LogP contribution in [0.3, 0.4) is 0 Å². The second-order valence-electron chi connectivity index (χ2n) is 4.58. The van der Waals surface area contributed by atoms with E-state index in [-0.39, 0.29) is 6.09 Å². The molecule has 3 rings (SSSR count). The molecular weight excluding hydrogens is 258 g/mol. The van der Waals surface area contributed by atoms with Gasteiger partial charge in [0.25, 0.3) is 0 Å². The van der Waals surface area contributed by atoms with E-state index < -0.39 is 0 Å². The molecule has 0 saturated heterocycles. The van der Waals surface area contributed by atoms with E-state index in [1.807, 2.05) is 30.3 Å². The average molecular weight is 273 g/mol. The van der Waals surface area contributed by atoms with Crippen LogP contribution in [-0.2, 0) is 24.3 Å². The van der Waals surface area contributed by atoms with Gasteiger partial charge in [0.15, 0.2) is 0 Å². The molecule has 0 bridgehead atoms. The molecule has 19 heavy (non-hydrogen) atoms. The van der Waals surface area contributed by atoms with Gasteiger partial charge in [0.1, 0.15) is 6.61 Å². The van der Waals surface area contributed by atoms with E-state index in [9.17, 15) is 4.79 Å². The van der Waals surface area contributed by atoms with Crippen molar-refractivity contribution < 1.29 is 9.53 Å². The largest absolute Gasteiger partial charge is 0.445 e. The second kappa shape index (κ2) is 5.45. The lowest BCUT2D eigenvalue weighted by atomic mass is 10.1. The average Bonchev–Trinajstić information content (AvgIpc) is 2.93. The highest BCUT2D eigenvalue weighted by atomic mass is 32.1. The molecule has 3 nitrogen and oxygen atoms in total. The van der Waals surface area contributed by atoms with Crippen molar-refractivity contribution in [3.63, 3.8) is 0 Å². The molecule has 1 aliphatic rings. The molecule has 1 amide bonds. The van der Waals surface area contributed by atoms with Crippen LogP contribution in [0, 0.1) is 0 Å². The van der Waals surface area contributed by atoms with E-state index in [1.165, 1.54) is 10.4 Å². The zero-order chi connectivity index (χ0) is 13.1. The van der Waals surface area contributed by atoms with Gasteiger partial charge in [0.05, 0.1) is 6.54 Å². The Bertz CT molecular complexity index is 565. The van der Waals surface area contributed by atoms with E-state index in [1.54, 1.807) is 16.2 Å². The minimum absolute atomic E-state index is 0.222. The SMILES string of the molecule is O=C(OCc1ccccc1)N1CCc2sccc2C1. The van der Waals surface area contributed by atoms with Crippen molar-refractivity contribution in [1.29, 1.82) is 0 Å². The van der Waals surface area contributed by atoms with Crippen molar-refractivity contribution in [3.05, 3.63) is 57.8 Å². The summed E-state index contributed by atoms with van der Waals surface area (Å²) in [5.74, 6) is 0. The summed E-state index contributed by atoms with van der Waals surface area (Å²) in [6.45, 7) is 1.76. The molecular formula is C15H15NO2S. The standard InChI is InChI=1S/C15H15NO2S/c17-15(18-11-12-4-2-1-3-5-12)16-8-6-14-13(10-16)7-9-19-14/h1-5,7,9H,6,8,10-11H2. The molecule has 4 heteroatoms. The Morgan fingerprint density at radius 3 is 2.95 bits per heavy atom. The normalized spacial score (nSPS) is 14.0. The summed E-state index contributed by atoms with van der Waals surface area (Å²) < 4.78 is 5.35. The number of nitrogens with zero attached hydrogens (tertiary/aromatic N) is 1. The number of fused-ring (bicyclic) bond motifs is 1. The van der Waals surface area contributed by atoms with E-state index in [4.69, 9.17) is 4.74 Å². The van der Waals surface area contributed by atoms with Gasteiger partial charge in [-0.15, -0.1) is 11.3 Å². The predicted octanol–water partition coefficient (Wildman–Crippen LogP) is 3.44. The predicted molar refractivity (Wildman–Crippen MR) is 75.1 cm³/mol. The van der Waals surface area contributed by atoms with E-state index >= 15 is 0 Å². The maximum Gasteiger partial charge on any atom is 0.410 e. The summed E-state index contributed by atoms with van der Waals surface area (Å²) in [6, 6.07) is 11.9. The topological polar surface area (TPSA) is 29.5 Å². The van der Waals surface area contributed by atoms with Crippen molar-refractivity contribution in [3.8, 4) is 0 Å². The molecule has 0 saturated carbocycles. The molecule has 0 spiro atoms. The lowest BCUT2D eigenvalue weighted by Crippen LogP contribution is -2.35. The third kappa shape index (κ3) is 2.79. The summed E-state index contributed by atoms with van der Waals surface area (Å²) in [7, 11) is 0. The van der Waals surface area contributed by atoms with Crippen LogP contribution in [0.25, 0.3) is 0 Å². The zero-order valence-corrected chi connectivity index (χ0v) is 11.4. The van der Waals surface area contributed by atoms with Crippen molar-refractivity contribution in [1.82, 2.24) is 4.90 Å². The summed E-state index contributed by atoms with van der Waals surface area (Å²) in [5, 5.41) is 2.09. The monoisotopic (exact) mass is 273 g/mol. The number of rotatable bonds is 2. The van der Waals surface area contributed by atoms with Crippen LogP contribution in [0.1, 0.15) is 16.0 Å². The molecule has 0 aliphatic carbocycles. The molecule has 0 unspecified atom stereocenters. The van der Waals surface area contributed by atoms with E-state index in [0.29, 0.717) is 13.2 Å². The maximum atomic E-state index is 12.0. The highest BCUT2D eigenvalue weighted by molar-refractivity contribution is 7.10. The maximum absolute atomic E-state index is 12.0. The van der Waals surface area contributed by atoms with Crippen molar-refractivity contribution in [2.24, 2.45) is 0 Å². The quantitative estimate of drug-likeness (QED) is 0.839. The fraction of sp³-hybridized carbons (Fsp3) is 0.267. The minimum atomic E-state index is -0.222. The first-order chi connectivity index (χ1) is 9.33. The Hall–Kier alpha value is -1.81. The number of benzene rings is 1. The number of ether oxygens (including phenoxy) is 1. The van der Waals surface area contributed by atoms with Gasteiger partial charge in [-0.1, -0.05) is 30.3 Å². The van der Waals surface area contributed by atoms with Gasteiger partial charge in [0.2, 0.25) is 0 Å². The molecule has 98 valence electrons. The van der Waals surface area contributed by atoms with Crippen LogP contribution in [0.2, 0.25) is 0 Å². The number of carbonyl (C=O) groups excluding carboxylic acids is 1. The third-order valence-electron chi connectivity index (χ3n) is 3.27. The third-order valence-corrected chi connectivity index (χ3v) is 4.29. The van der Waals surface area contributed by atoms with Crippen LogP contribution in [0.4, 0.5) is 4.79 Å². The lowest BCUT2D eigenvalue weighted by molar-refractivity contribution is 0.0921. The summed E-state index contributed by atoms with van der Waals surface area (Å²) in [6.07, 6.45) is 0.716. The second-order valence-corrected chi connectivity index (χ2v) is 5.58.